The lowest BCUT2D eigenvalue weighted by atomic mass is 9.82. The Morgan fingerprint density at radius 2 is 1.97 bits per heavy atom. The van der Waals surface area contributed by atoms with Gasteiger partial charge in [-0.15, -0.1) is 13.2 Å². The Morgan fingerprint density at radius 3 is 2.70 bits per heavy atom. The van der Waals surface area contributed by atoms with E-state index in [0.29, 0.717) is 52.5 Å². The van der Waals surface area contributed by atoms with Gasteiger partial charge in [0.05, 0.1) is 12.7 Å². The Hall–Kier alpha value is -3.29. The fourth-order valence-corrected chi connectivity index (χ4v) is 4.08. The summed E-state index contributed by atoms with van der Waals surface area (Å²) in [5.74, 6) is -0.999. The van der Waals surface area contributed by atoms with E-state index < -0.39 is 12.3 Å². The molecule has 1 heterocycles. The molecule has 3 aromatic rings. The number of rotatable bonds is 4. The molecule has 0 saturated heterocycles. The minimum absolute atomic E-state index is 0.0713. The maximum absolute atomic E-state index is 12.7. The molecule has 30 heavy (non-hydrogen) atoms. The highest BCUT2D eigenvalue weighted by Crippen LogP contribution is 2.39. The molecule has 5 nitrogen and oxygen atoms in total. The molecule has 1 aliphatic rings. The maximum Gasteiger partial charge on any atom is 0.573 e. The molecule has 0 aliphatic heterocycles. The average molecular weight is 417 g/mol. The number of fused-ring (bicyclic) bond motifs is 3. The summed E-state index contributed by atoms with van der Waals surface area (Å²) < 4.78 is 46.4. The third-order valence-electron chi connectivity index (χ3n) is 5.28. The van der Waals surface area contributed by atoms with Crippen LogP contribution in [0.2, 0.25) is 0 Å². The number of carbonyl (C=O) groups excluding carboxylic acids is 2. The van der Waals surface area contributed by atoms with Gasteiger partial charge in [-0.2, -0.15) is 0 Å². The summed E-state index contributed by atoms with van der Waals surface area (Å²) in [7, 11) is 1.28. The minimum Gasteiger partial charge on any atom is -0.465 e. The van der Waals surface area contributed by atoms with E-state index in [-0.39, 0.29) is 17.5 Å². The number of benzene rings is 2. The molecule has 2 aromatic carbocycles. The van der Waals surface area contributed by atoms with Crippen LogP contribution in [0.4, 0.5) is 13.2 Å². The zero-order valence-electron chi connectivity index (χ0n) is 16.0. The van der Waals surface area contributed by atoms with E-state index in [1.807, 2.05) is 0 Å². The summed E-state index contributed by atoms with van der Waals surface area (Å²) in [6.07, 6.45) is -3.49. The summed E-state index contributed by atoms with van der Waals surface area (Å²) in [4.78, 5) is 28.2. The van der Waals surface area contributed by atoms with Gasteiger partial charge in [0.15, 0.2) is 5.78 Å². The van der Waals surface area contributed by atoms with Crippen molar-refractivity contribution in [1.82, 2.24) is 4.98 Å². The number of halogens is 3. The fraction of sp³-hybridized carbons (Fsp3) is 0.273. The second-order valence-corrected chi connectivity index (χ2v) is 7.19. The van der Waals surface area contributed by atoms with Crippen molar-refractivity contribution in [3.8, 4) is 5.75 Å². The maximum atomic E-state index is 12.7. The molecule has 1 atom stereocenters. The lowest BCUT2D eigenvalue weighted by Crippen LogP contribution is -2.18. The van der Waals surface area contributed by atoms with Crippen molar-refractivity contribution >= 4 is 22.7 Å². The van der Waals surface area contributed by atoms with E-state index in [1.54, 1.807) is 24.3 Å². The average Bonchev–Trinajstić information content (AvgIpc) is 3.09. The highest BCUT2D eigenvalue weighted by Gasteiger charge is 2.33. The van der Waals surface area contributed by atoms with E-state index in [1.165, 1.54) is 25.3 Å². The third-order valence-corrected chi connectivity index (χ3v) is 5.28. The van der Waals surface area contributed by atoms with Crippen LogP contribution in [-0.2, 0) is 11.2 Å². The smallest absolute Gasteiger partial charge is 0.465 e. The van der Waals surface area contributed by atoms with Crippen molar-refractivity contribution in [1.29, 1.82) is 0 Å². The number of hydrogen-bond donors (Lipinski definition) is 1. The lowest BCUT2D eigenvalue weighted by Gasteiger charge is -2.22. The van der Waals surface area contributed by atoms with Crippen molar-refractivity contribution in [2.24, 2.45) is 0 Å². The summed E-state index contributed by atoms with van der Waals surface area (Å²) in [5.41, 5.74) is 2.78. The van der Waals surface area contributed by atoms with Crippen LogP contribution in [0.25, 0.3) is 10.9 Å². The zero-order valence-corrected chi connectivity index (χ0v) is 16.0. The third kappa shape index (κ3) is 3.77. The van der Waals surface area contributed by atoms with Gasteiger partial charge in [0, 0.05) is 34.5 Å². The van der Waals surface area contributed by atoms with Gasteiger partial charge < -0.3 is 14.5 Å². The molecule has 0 saturated carbocycles. The van der Waals surface area contributed by atoms with Crippen LogP contribution >= 0.6 is 0 Å². The van der Waals surface area contributed by atoms with Crippen molar-refractivity contribution in [3.05, 3.63) is 64.8 Å². The van der Waals surface area contributed by atoms with Gasteiger partial charge in [0.2, 0.25) is 0 Å². The number of methoxy groups -OCH3 is 1. The summed E-state index contributed by atoms with van der Waals surface area (Å²) >= 11 is 0. The van der Waals surface area contributed by atoms with Crippen LogP contribution in [0, 0.1) is 0 Å². The van der Waals surface area contributed by atoms with Gasteiger partial charge >= 0.3 is 12.3 Å². The number of hydrogen-bond acceptors (Lipinski definition) is 4. The van der Waals surface area contributed by atoms with Crippen molar-refractivity contribution in [2.45, 2.75) is 31.5 Å². The summed E-state index contributed by atoms with van der Waals surface area (Å²) in [6, 6.07) is 10.9. The van der Waals surface area contributed by atoms with Crippen LogP contribution < -0.4 is 4.74 Å². The largest absolute Gasteiger partial charge is 0.573 e. The predicted molar refractivity (Wildman–Crippen MR) is 103 cm³/mol. The molecule has 0 bridgehead atoms. The van der Waals surface area contributed by atoms with Gasteiger partial charge in [-0.25, -0.2) is 4.79 Å². The van der Waals surface area contributed by atoms with Crippen LogP contribution in [0.1, 0.15) is 50.7 Å². The number of esters is 1. The number of H-pyrrole nitrogens is 1. The molecular weight excluding hydrogens is 399 g/mol. The molecule has 8 heteroatoms. The van der Waals surface area contributed by atoms with Crippen molar-refractivity contribution in [3.63, 3.8) is 0 Å². The molecule has 1 unspecified atom stereocenters. The number of ketones is 1. The number of aromatic nitrogens is 1. The van der Waals surface area contributed by atoms with E-state index in [0.717, 1.165) is 0 Å². The monoisotopic (exact) mass is 417 g/mol. The standard InChI is InChI=1S/C22H18F3NO4/c1-29-21(28)15-6-3-7-16-18(15)19-17(27)9-8-13(20(19)26-16)10-12-4-2-5-14(11-12)30-22(23,24)25/h2-7,11,13,26H,8-10H2,1H3. The Kier molecular flexibility index (Phi) is 5.01. The Morgan fingerprint density at radius 1 is 1.20 bits per heavy atom. The highest BCUT2D eigenvalue weighted by atomic mass is 19.4. The Labute approximate surface area is 169 Å². The molecule has 0 amide bonds. The number of aromatic amines is 1. The first-order chi connectivity index (χ1) is 14.3. The molecular formula is C22H18F3NO4. The van der Waals surface area contributed by atoms with E-state index in [9.17, 15) is 22.8 Å². The zero-order chi connectivity index (χ0) is 21.5. The van der Waals surface area contributed by atoms with Gasteiger partial charge in [-0.05, 0) is 42.7 Å². The Balaban J connectivity index is 1.72. The lowest BCUT2D eigenvalue weighted by molar-refractivity contribution is -0.274. The molecule has 0 radical (unpaired) electrons. The quantitative estimate of drug-likeness (QED) is 0.596. The molecule has 1 N–H and O–H groups in total. The van der Waals surface area contributed by atoms with Crippen molar-refractivity contribution < 1.29 is 32.2 Å². The van der Waals surface area contributed by atoms with Crippen LogP contribution in [0.5, 0.6) is 5.75 Å². The fourth-order valence-electron chi connectivity index (χ4n) is 4.08. The number of nitrogens with one attached hydrogen (secondary N) is 1. The highest BCUT2D eigenvalue weighted by molar-refractivity contribution is 6.16. The number of alkyl halides is 3. The first-order valence-corrected chi connectivity index (χ1v) is 9.37. The normalized spacial score (nSPS) is 16.4. The predicted octanol–water partition coefficient (Wildman–Crippen LogP) is 5.16. The van der Waals surface area contributed by atoms with Gasteiger partial charge in [0.1, 0.15) is 5.75 Å². The Bertz CT molecular complexity index is 1130. The SMILES string of the molecule is COC(=O)c1cccc2[nH]c3c(c12)C(=O)CCC3Cc1cccc(OC(F)(F)F)c1. The van der Waals surface area contributed by atoms with Crippen LogP contribution in [-0.4, -0.2) is 30.2 Å². The summed E-state index contributed by atoms with van der Waals surface area (Å²) in [5, 5.41) is 0.531. The molecule has 0 fully saturated rings. The van der Waals surface area contributed by atoms with Gasteiger partial charge in [-0.3, -0.25) is 4.79 Å². The first kappa shape index (κ1) is 20.0. The molecule has 4 rings (SSSR count). The van der Waals surface area contributed by atoms with Crippen LogP contribution in [0.3, 0.4) is 0 Å². The molecule has 1 aromatic heterocycles. The van der Waals surface area contributed by atoms with Crippen molar-refractivity contribution in [2.75, 3.05) is 7.11 Å². The first-order valence-electron chi connectivity index (χ1n) is 9.37. The summed E-state index contributed by atoms with van der Waals surface area (Å²) in [6.45, 7) is 0. The topological polar surface area (TPSA) is 68.4 Å². The number of Topliss-reactive ketones (excluding diaryl/α,β-unsaturated/α-hetero) is 1. The van der Waals surface area contributed by atoms with Gasteiger partial charge in [0.25, 0.3) is 0 Å². The number of carbonyl (C=O) groups is 2. The molecule has 156 valence electrons. The minimum atomic E-state index is -4.76. The van der Waals surface area contributed by atoms with Gasteiger partial charge in [-0.1, -0.05) is 18.2 Å². The molecule has 1 aliphatic carbocycles. The van der Waals surface area contributed by atoms with Crippen LogP contribution in [0.15, 0.2) is 42.5 Å². The second kappa shape index (κ2) is 7.51. The van der Waals surface area contributed by atoms with E-state index in [2.05, 4.69) is 9.72 Å². The van der Waals surface area contributed by atoms with E-state index >= 15 is 0 Å². The number of ether oxygens (including phenoxy) is 2. The second-order valence-electron chi connectivity index (χ2n) is 7.19. The van der Waals surface area contributed by atoms with E-state index in [4.69, 9.17) is 4.74 Å². The molecule has 0 spiro atoms.